The van der Waals surface area contributed by atoms with Crippen LogP contribution < -0.4 is 10.6 Å². The monoisotopic (exact) mass is 338 g/mol. The summed E-state index contributed by atoms with van der Waals surface area (Å²) in [4.78, 5) is 12.8. The lowest BCUT2D eigenvalue weighted by Crippen LogP contribution is -2.43. The van der Waals surface area contributed by atoms with Gasteiger partial charge < -0.3 is 10.6 Å². The zero-order valence-corrected chi connectivity index (χ0v) is 15.0. The predicted octanol–water partition coefficient (Wildman–Crippen LogP) is 2.26. The third-order valence-corrected chi connectivity index (χ3v) is 6.21. The summed E-state index contributed by atoms with van der Waals surface area (Å²) in [5.41, 5.74) is 1.70. The van der Waals surface area contributed by atoms with Crippen molar-refractivity contribution in [1.82, 2.24) is 20.4 Å². The molecule has 1 aromatic carbocycles. The third-order valence-electron chi connectivity index (χ3n) is 6.21. The fraction of sp³-hybridized carbons (Fsp3) is 0.600. The number of para-hydroxylation sites is 1. The summed E-state index contributed by atoms with van der Waals surface area (Å²) in [6.45, 7) is 7.13. The average molecular weight is 338 g/mol. The highest BCUT2D eigenvalue weighted by Crippen LogP contribution is 2.49. The minimum absolute atomic E-state index is 0.195. The molecule has 3 atom stereocenters. The molecule has 5 nitrogen and oxygen atoms in total. The zero-order valence-electron chi connectivity index (χ0n) is 15.0. The summed E-state index contributed by atoms with van der Waals surface area (Å²) in [6, 6.07) is 8.40. The van der Waals surface area contributed by atoms with Crippen LogP contribution in [0.25, 0.3) is 10.9 Å². The van der Waals surface area contributed by atoms with Crippen molar-refractivity contribution < 1.29 is 4.79 Å². The van der Waals surface area contributed by atoms with Gasteiger partial charge in [0.05, 0.1) is 16.7 Å². The van der Waals surface area contributed by atoms with Crippen LogP contribution in [0.5, 0.6) is 0 Å². The van der Waals surface area contributed by atoms with Crippen LogP contribution in [0.1, 0.15) is 32.4 Å². The second-order valence-corrected chi connectivity index (χ2v) is 8.62. The molecule has 0 radical (unpaired) electrons. The number of benzene rings is 1. The number of carbonyl (C=O) groups is 1. The van der Waals surface area contributed by atoms with Crippen LogP contribution >= 0.6 is 0 Å². The van der Waals surface area contributed by atoms with E-state index < -0.39 is 5.54 Å². The predicted molar refractivity (Wildman–Crippen MR) is 97.0 cm³/mol. The first-order chi connectivity index (χ1) is 12.0. The Balaban J connectivity index is 1.43. The number of carbonyl (C=O) groups excluding carboxylic acids is 1. The van der Waals surface area contributed by atoms with Crippen LogP contribution in [0.15, 0.2) is 24.3 Å². The summed E-state index contributed by atoms with van der Waals surface area (Å²) >= 11 is 0. The van der Waals surface area contributed by atoms with Crippen molar-refractivity contribution in [2.24, 2.45) is 23.7 Å². The molecule has 2 N–H and O–H groups in total. The molecule has 132 valence electrons. The van der Waals surface area contributed by atoms with Crippen molar-refractivity contribution in [3.63, 3.8) is 0 Å². The van der Waals surface area contributed by atoms with Gasteiger partial charge in [-0.2, -0.15) is 5.10 Å². The van der Waals surface area contributed by atoms with Crippen LogP contribution in [-0.2, 0) is 16.9 Å². The molecule has 1 aromatic heterocycles. The summed E-state index contributed by atoms with van der Waals surface area (Å²) in [7, 11) is 0. The van der Waals surface area contributed by atoms with Gasteiger partial charge in [0.1, 0.15) is 0 Å². The number of fused-ring (bicyclic) bond motifs is 2. The van der Waals surface area contributed by atoms with E-state index in [1.807, 2.05) is 0 Å². The molecule has 2 aliphatic carbocycles. The first-order valence-electron chi connectivity index (χ1n) is 9.53. The first kappa shape index (κ1) is 15.4. The first-order valence-corrected chi connectivity index (χ1v) is 9.53. The highest BCUT2D eigenvalue weighted by atomic mass is 16.2. The number of amides is 1. The van der Waals surface area contributed by atoms with E-state index in [2.05, 4.69) is 53.4 Å². The molecule has 2 saturated carbocycles. The summed E-state index contributed by atoms with van der Waals surface area (Å²) in [6.07, 6.45) is 2.62. The smallest absolute Gasteiger partial charge is 0.224 e. The Morgan fingerprint density at radius 1 is 1.28 bits per heavy atom. The number of hydrogen-bond donors (Lipinski definition) is 2. The van der Waals surface area contributed by atoms with E-state index >= 15 is 0 Å². The van der Waals surface area contributed by atoms with Crippen molar-refractivity contribution in [2.75, 3.05) is 13.1 Å². The van der Waals surface area contributed by atoms with Crippen molar-refractivity contribution in [2.45, 2.75) is 38.8 Å². The minimum atomic E-state index is -0.462. The van der Waals surface area contributed by atoms with Crippen LogP contribution in [0.2, 0.25) is 0 Å². The quantitative estimate of drug-likeness (QED) is 0.879. The lowest BCUT2D eigenvalue weighted by atomic mass is 9.96. The maximum absolute atomic E-state index is 12.8. The SMILES string of the molecule is CC(C)(NC(=O)[C@H]1[C@@H]2CNC[C@@H]21)c1nn(CC2CC2)c2ccccc12. The Labute approximate surface area is 148 Å². The molecule has 1 aliphatic heterocycles. The lowest BCUT2D eigenvalue weighted by Gasteiger charge is -2.25. The summed E-state index contributed by atoms with van der Waals surface area (Å²) in [5.74, 6) is 2.25. The van der Waals surface area contributed by atoms with Crippen LogP contribution in [0.3, 0.4) is 0 Å². The molecular weight excluding hydrogens is 312 g/mol. The summed E-state index contributed by atoms with van der Waals surface area (Å²) in [5, 5.41) is 12.7. The second-order valence-electron chi connectivity index (χ2n) is 8.62. The normalized spacial score (nSPS) is 28.2. The minimum Gasteiger partial charge on any atom is -0.345 e. The van der Waals surface area contributed by atoms with E-state index in [-0.39, 0.29) is 11.8 Å². The molecule has 1 amide bonds. The Morgan fingerprint density at radius 2 is 2.00 bits per heavy atom. The fourth-order valence-electron chi connectivity index (χ4n) is 4.53. The van der Waals surface area contributed by atoms with E-state index in [0.29, 0.717) is 11.8 Å². The van der Waals surface area contributed by atoms with Gasteiger partial charge in [0.15, 0.2) is 0 Å². The van der Waals surface area contributed by atoms with Crippen molar-refractivity contribution in [3.05, 3.63) is 30.0 Å². The molecule has 3 fully saturated rings. The second kappa shape index (κ2) is 5.31. The maximum Gasteiger partial charge on any atom is 0.224 e. The van der Waals surface area contributed by atoms with Gasteiger partial charge >= 0.3 is 0 Å². The Kier molecular flexibility index (Phi) is 3.26. The lowest BCUT2D eigenvalue weighted by molar-refractivity contribution is -0.124. The number of nitrogens with zero attached hydrogens (tertiary/aromatic N) is 2. The topological polar surface area (TPSA) is 59.0 Å². The molecular formula is C20H26N4O. The van der Waals surface area contributed by atoms with Crippen LogP contribution in [0.4, 0.5) is 0 Å². The van der Waals surface area contributed by atoms with Gasteiger partial charge in [0, 0.05) is 17.8 Å². The average Bonchev–Trinajstić information content (AvgIpc) is 3.44. The van der Waals surface area contributed by atoms with Gasteiger partial charge in [0.25, 0.3) is 0 Å². The largest absolute Gasteiger partial charge is 0.345 e. The molecule has 0 spiro atoms. The molecule has 0 unspecified atom stereocenters. The highest BCUT2D eigenvalue weighted by molar-refractivity contribution is 5.86. The van der Waals surface area contributed by atoms with Crippen LogP contribution in [0, 0.1) is 23.7 Å². The summed E-state index contributed by atoms with van der Waals surface area (Å²) < 4.78 is 2.14. The number of rotatable bonds is 5. The van der Waals surface area contributed by atoms with E-state index in [1.165, 1.54) is 18.4 Å². The van der Waals surface area contributed by atoms with Crippen molar-refractivity contribution >= 4 is 16.8 Å². The van der Waals surface area contributed by atoms with Gasteiger partial charge in [-0.15, -0.1) is 0 Å². The van der Waals surface area contributed by atoms with Crippen molar-refractivity contribution in [3.8, 4) is 0 Å². The highest BCUT2D eigenvalue weighted by Gasteiger charge is 2.57. The zero-order chi connectivity index (χ0) is 17.2. The van der Waals surface area contributed by atoms with Crippen LogP contribution in [-0.4, -0.2) is 28.8 Å². The molecule has 3 aliphatic rings. The van der Waals surface area contributed by atoms with Gasteiger partial charge in [-0.05, 0) is 63.6 Å². The van der Waals surface area contributed by atoms with Gasteiger partial charge in [-0.1, -0.05) is 18.2 Å². The van der Waals surface area contributed by atoms with E-state index in [0.717, 1.165) is 36.6 Å². The van der Waals surface area contributed by atoms with Crippen molar-refractivity contribution in [1.29, 1.82) is 0 Å². The molecule has 0 bridgehead atoms. The molecule has 2 aromatic rings. The molecule has 5 rings (SSSR count). The van der Waals surface area contributed by atoms with E-state index in [4.69, 9.17) is 5.10 Å². The molecule has 1 saturated heterocycles. The number of piperidine rings is 1. The van der Waals surface area contributed by atoms with E-state index in [1.54, 1.807) is 0 Å². The van der Waals surface area contributed by atoms with Gasteiger partial charge in [-0.25, -0.2) is 0 Å². The third kappa shape index (κ3) is 2.56. The Morgan fingerprint density at radius 3 is 2.72 bits per heavy atom. The Bertz CT molecular complexity index is 825. The number of aromatic nitrogens is 2. The van der Waals surface area contributed by atoms with Gasteiger partial charge in [-0.3, -0.25) is 9.48 Å². The maximum atomic E-state index is 12.8. The number of nitrogens with one attached hydrogen (secondary N) is 2. The van der Waals surface area contributed by atoms with E-state index in [9.17, 15) is 4.79 Å². The standard InChI is InChI=1S/C20H26N4O/c1-20(2,22-19(25)17-14-9-21-10-15(14)17)18-13-5-3-4-6-16(13)24(23-18)11-12-7-8-12/h3-6,12,14-15,17,21H,7-11H2,1-2H3,(H,22,25)/t14-,15+,17+. The molecule has 25 heavy (non-hydrogen) atoms. The van der Waals surface area contributed by atoms with Gasteiger partial charge in [0.2, 0.25) is 5.91 Å². The molecule has 5 heteroatoms. The fourth-order valence-corrected chi connectivity index (χ4v) is 4.53. The number of hydrogen-bond acceptors (Lipinski definition) is 3. The molecule has 2 heterocycles. The Hall–Kier alpha value is -1.88.